The van der Waals surface area contributed by atoms with E-state index in [1.165, 1.54) is 51.4 Å². The zero-order chi connectivity index (χ0) is 29.1. The van der Waals surface area contributed by atoms with Gasteiger partial charge >= 0.3 is 58.4 Å². The van der Waals surface area contributed by atoms with Crippen molar-refractivity contribution in [1.82, 2.24) is 0 Å². The van der Waals surface area contributed by atoms with Crippen molar-refractivity contribution in [2.75, 3.05) is 23.0 Å². The first-order valence-electron chi connectivity index (χ1n) is 15.4. The smallest absolute Gasteiger partial charge is 0.848 e. The van der Waals surface area contributed by atoms with Gasteiger partial charge in [0, 0.05) is 0 Å². The molecule has 0 amide bonds. The fourth-order valence-corrected chi connectivity index (χ4v) is 11.8. The van der Waals surface area contributed by atoms with E-state index in [2.05, 4.69) is 27.7 Å². The number of unbranched alkanes of at least 4 members (excludes halogenated alkanes) is 16. The average molecular weight is 815 g/mol. The monoisotopic (exact) mass is 810 g/mol. The van der Waals surface area contributed by atoms with Crippen LogP contribution in [0.4, 0.5) is 0 Å². The topological polar surface area (TPSA) is 138 Å². The number of hydrogen-bond acceptors (Lipinski definition) is 6. The van der Waals surface area contributed by atoms with E-state index in [-0.39, 0.29) is 58.4 Å². The van der Waals surface area contributed by atoms with Gasteiger partial charge in [0.25, 0.3) is 0 Å². The van der Waals surface area contributed by atoms with Crippen LogP contribution in [0, 0.1) is 0 Å². The van der Waals surface area contributed by atoms with Crippen molar-refractivity contribution in [3.63, 3.8) is 0 Å². The van der Waals surface area contributed by atoms with Crippen LogP contribution in [0.1, 0.15) is 156 Å². The first-order chi connectivity index (χ1) is 18.0. The number of rotatable bonds is 24. The third-order valence-corrected chi connectivity index (χ3v) is 16.9. The molecule has 0 aromatic carbocycles. The van der Waals surface area contributed by atoms with Crippen LogP contribution < -0.4 is 29.4 Å². The van der Waals surface area contributed by atoms with E-state index in [4.69, 9.17) is 0 Å². The molecule has 0 aromatic rings. The Labute approximate surface area is 298 Å². The summed E-state index contributed by atoms with van der Waals surface area (Å²) in [7, 11) is -1.82. The second kappa shape index (κ2) is 37.6. The summed E-state index contributed by atoms with van der Waals surface area (Å²) < 4.78 is 0. The van der Waals surface area contributed by atoms with Crippen LogP contribution in [0.15, 0.2) is 0 Å². The molecule has 236 valence electrons. The van der Waals surface area contributed by atoms with Crippen molar-refractivity contribution in [3.8, 4) is 0 Å². The van der Waals surface area contributed by atoms with E-state index in [1.807, 2.05) is 0 Å². The minimum absolute atomic E-state index is 0. The van der Waals surface area contributed by atoms with Crippen molar-refractivity contribution < 1.29 is 87.8 Å². The van der Waals surface area contributed by atoms with Gasteiger partial charge in [0.2, 0.25) is 0 Å². The zero-order valence-electron chi connectivity index (χ0n) is 27.3. The van der Waals surface area contributed by atoms with Gasteiger partial charge in [0.1, 0.15) is 0 Å². The molecule has 0 unspecified atom stereocenters. The predicted octanol–water partition coefficient (Wildman–Crippen LogP) is 4.60. The van der Waals surface area contributed by atoms with Crippen molar-refractivity contribution in [2.24, 2.45) is 0 Å². The van der Waals surface area contributed by atoms with E-state index in [1.54, 1.807) is 0 Å². The maximum absolute atomic E-state index is 11.3. The van der Waals surface area contributed by atoms with Gasteiger partial charge in [-0.25, -0.2) is 20.1 Å². The molecule has 0 aliphatic heterocycles. The molecule has 6 nitrogen and oxygen atoms in total. The Morgan fingerprint density at radius 3 is 0.634 bits per heavy atom. The molecule has 0 radical (unpaired) electrons. The summed E-state index contributed by atoms with van der Waals surface area (Å²) in [4.78, 5) is 67.5. The summed E-state index contributed by atoms with van der Waals surface area (Å²) in [6.45, 7) is -0.0902. The van der Waals surface area contributed by atoms with Gasteiger partial charge in [-0.1, -0.05) is 130 Å². The van der Waals surface area contributed by atoms with E-state index < -0.39 is 33.6 Å². The molecule has 0 aromatic heterocycles. The maximum atomic E-state index is 11.3. The Bertz CT molecular complexity index is 548. The summed E-state index contributed by atoms with van der Waals surface area (Å²) in [6.07, 6.45) is 22.0. The molecule has 0 N–H and O–H groups in total. The van der Waals surface area contributed by atoms with Crippen LogP contribution >= 0.6 is 13.4 Å². The predicted molar refractivity (Wildman–Crippen MR) is 163 cm³/mol. The van der Waals surface area contributed by atoms with Crippen LogP contribution in [0.5, 0.6) is 0 Å². The molecular formula is C28H60O6P2S2Zn3. The van der Waals surface area contributed by atoms with E-state index in [0.717, 1.165) is 77.0 Å². The molecule has 0 aliphatic rings. The van der Waals surface area contributed by atoms with Gasteiger partial charge in [-0.3, -0.25) is 0 Å². The third kappa shape index (κ3) is 39.3. The molecular weight excluding hydrogens is 755 g/mol. The summed E-state index contributed by atoms with van der Waals surface area (Å²) in [5.74, 6) is 2.40. The van der Waals surface area contributed by atoms with Crippen molar-refractivity contribution in [3.05, 3.63) is 0 Å². The third-order valence-electron chi connectivity index (χ3n) is 6.57. The van der Waals surface area contributed by atoms with Gasteiger partial charge in [-0.2, -0.15) is 0 Å². The molecule has 41 heavy (non-hydrogen) atoms. The molecule has 0 saturated carbocycles. The number of hydrogen-bond donors (Lipinski definition) is 0. The second-order valence-corrected chi connectivity index (χ2v) is 21.3. The van der Waals surface area contributed by atoms with Crippen LogP contribution in [0.25, 0.3) is 0 Å². The fraction of sp³-hybridized carbons (Fsp3) is 1.00. The average Bonchev–Trinajstić information content (AvgIpc) is 2.84. The van der Waals surface area contributed by atoms with Crippen LogP contribution in [0.3, 0.4) is 0 Å². The maximum Gasteiger partial charge on any atom is 2.00 e. The van der Waals surface area contributed by atoms with Gasteiger partial charge in [0.05, 0.1) is 0 Å². The minimum Gasteiger partial charge on any atom is -0.848 e. The summed E-state index contributed by atoms with van der Waals surface area (Å²) in [5, 5.41) is 0. The van der Waals surface area contributed by atoms with E-state index >= 15 is 0 Å². The van der Waals surface area contributed by atoms with Crippen LogP contribution in [-0.2, 0) is 78.6 Å². The molecule has 0 saturated heterocycles. The van der Waals surface area contributed by atoms with Gasteiger partial charge < -0.3 is 42.8 Å². The molecule has 0 bridgehead atoms. The molecule has 0 spiro atoms. The Kier molecular flexibility index (Phi) is 49.3. The van der Waals surface area contributed by atoms with Crippen molar-refractivity contribution in [1.29, 1.82) is 0 Å². The largest absolute Gasteiger partial charge is 2.00 e. The molecule has 0 aliphatic carbocycles. The van der Waals surface area contributed by atoms with Gasteiger partial charge in [0.15, 0.2) is 0 Å². The first kappa shape index (κ1) is 53.7. The van der Waals surface area contributed by atoms with Crippen LogP contribution in [0.2, 0.25) is 0 Å². The van der Waals surface area contributed by atoms with Crippen LogP contribution in [-0.4, -0.2) is 23.0 Å². The molecule has 0 rings (SSSR count). The van der Waals surface area contributed by atoms with Crippen molar-refractivity contribution >= 4 is 33.6 Å². The zero-order valence-corrected chi connectivity index (χ0v) is 39.6. The van der Waals surface area contributed by atoms with Crippen molar-refractivity contribution in [2.45, 2.75) is 156 Å². The first-order valence-corrected chi connectivity index (χ1v) is 22.9. The summed E-state index contributed by atoms with van der Waals surface area (Å²) in [5.41, 5.74) is 0. The van der Waals surface area contributed by atoms with Gasteiger partial charge in [-0.15, -0.1) is 0 Å². The van der Waals surface area contributed by atoms with E-state index in [9.17, 15) is 29.4 Å². The Balaban J connectivity index is -0.000000196. The second-order valence-electron chi connectivity index (χ2n) is 10.3. The summed E-state index contributed by atoms with van der Waals surface area (Å²) >= 11 is 0. The van der Waals surface area contributed by atoms with Gasteiger partial charge in [-0.05, 0) is 48.7 Å². The quantitative estimate of drug-likeness (QED) is 0.0794. The molecule has 0 fully saturated rings. The summed E-state index contributed by atoms with van der Waals surface area (Å²) in [6, 6.07) is 0. The molecule has 0 heterocycles. The Morgan fingerprint density at radius 1 is 0.317 bits per heavy atom. The normalized spacial score (nSPS) is 11.4. The molecule has 0 atom stereocenters. The Morgan fingerprint density at radius 2 is 0.488 bits per heavy atom. The van der Waals surface area contributed by atoms with E-state index in [0.29, 0.717) is 23.0 Å². The Hall–Kier alpha value is 3.19. The SMILES string of the molecule is CCCCCCCS(CCCCCCC)=P([O-])([O-])[O-].CCCCCCCS(CCCCCCC)=P([O-])([O-])[O-].[Zn+2].[Zn+2].[Zn+2]. The fourth-order valence-electron chi connectivity index (χ4n) is 4.14. The minimum atomic E-state index is -4.36. The molecule has 13 heteroatoms. The standard InChI is InChI=1S/2C14H30O3PS.3Zn/c2*1-3-5-7-9-11-13-19(18(15,16)17)14-12-10-8-6-4-2;;;/h2*3-14H2,1-2H3;;;/q2*-3;3*+2.